The maximum atomic E-state index is 10.8. The van der Waals surface area contributed by atoms with E-state index in [0.29, 0.717) is 5.69 Å². The lowest BCUT2D eigenvalue weighted by molar-refractivity contribution is 0.0996. The van der Waals surface area contributed by atoms with Gasteiger partial charge < -0.3 is 10.6 Å². The molecule has 4 nitrogen and oxygen atoms in total. The molecule has 14 heavy (non-hydrogen) atoms. The van der Waals surface area contributed by atoms with Gasteiger partial charge >= 0.3 is 0 Å². The van der Waals surface area contributed by atoms with Crippen LogP contribution in [0.5, 0.6) is 0 Å². The minimum atomic E-state index is -0.440. The predicted octanol–water partition coefficient (Wildman–Crippen LogP) is 1.23. The highest BCUT2D eigenvalue weighted by Gasteiger charge is 2.15. The smallest absolute Gasteiger partial charge is 0.268 e. The number of piperidine rings is 1. The first kappa shape index (κ1) is 9.45. The van der Waals surface area contributed by atoms with E-state index in [1.165, 1.54) is 30.6 Å². The average Bonchev–Trinajstić information content (AvgIpc) is 2.68. The van der Waals surface area contributed by atoms with Gasteiger partial charge in [-0.3, -0.25) is 4.79 Å². The number of anilines is 1. The number of primary amides is 1. The number of nitrogens with two attached hydrogens (primary N) is 1. The topological polar surface area (TPSA) is 59.2 Å². The maximum Gasteiger partial charge on any atom is 0.268 e. The first-order valence-corrected chi connectivity index (χ1v) is 5.65. The predicted molar refractivity (Wildman–Crippen MR) is 56.7 cm³/mol. The van der Waals surface area contributed by atoms with Crippen molar-refractivity contribution >= 4 is 22.4 Å². The lowest BCUT2D eigenvalue weighted by Crippen LogP contribution is -2.29. The van der Waals surface area contributed by atoms with Crippen LogP contribution in [0.2, 0.25) is 0 Å². The molecule has 0 saturated carbocycles. The third kappa shape index (κ3) is 1.87. The van der Waals surface area contributed by atoms with Crippen molar-refractivity contribution in [1.29, 1.82) is 0 Å². The quantitative estimate of drug-likeness (QED) is 0.800. The van der Waals surface area contributed by atoms with Crippen LogP contribution in [0, 0.1) is 0 Å². The van der Waals surface area contributed by atoms with Gasteiger partial charge in [-0.05, 0) is 19.3 Å². The van der Waals surface area contributed by atoms with Gasteiger partial charge in [0.1, 0.15) is 5.69 Å². The molecule has 0 spiro atoms. The summed E-state index contributed by atoms with van der Waals surface area (Å²) in [7, 11) is 0. The Morgan fingerprint density at radius 2 is 2.14 bits per heavy atom. The molecule has 1 aliphatic heterocycles. The summed E-state index contributed by atoms with van der Waals surface area (Å²) < 4.78 is 0. The number of nitrogens with zero attached hydrogens (tertiary/aromatic N) is 2. The molecule has 2 rings (SSSR count). The van der Waals surface area contributed by atoms with E-state index in [-0.39, 0.29) is 0 Å². The van der Waals surface area contributed by atoms with Crippen molar-refractivity contribution in [2.75, 3.05) is 18.0 Å². The number of hydrogen-bond acceptors (Lipinski definition) is 4. The molecule has 5 heteroatoms. The minimum Gasteiger partial charge on any atom is -0.364 e. The molecule has 1 fully saturated rings. The van der Waals surface area contributed by atoms with Crippen molar-refractivity contribution in [3.05, 3.63) is 11.1 Å². The van der Waals surface area contributed by atoms with Gasteiger partial charge in [0.15, 0.2) is 5.13 Å². The van der Waals surface area contributed by atoms with Crippen molar-refractivity contribution < 1.29 is 4.79 Å². The van der Waals surface area contributed by atoms with Gasteiger partial charge in [0.05, 0.1) is 0 Å². The number of carbonyl (C=O) groups excluding carboxylic acids is 1. The highest BCUT2D eigenvalue weighted by atomic mass is 32.1. The molecule has 76 valence electrons. The fourth-order valence-electron chi connectivity index (χ4n) is 1.61. The molecule has 2 heterocycles. The van der Waals surface area contributed by atoms with Crippen LogP contribution in [-0.2, 0) is 0 Å². The molecule has 1 aromatic heterocycles. The fraction of sp³-hybridized carbons (Fsp3) is 0.556. The summed E-state index contributed by atoms with van der Waals surface area (Å²) in [5, 5.41) is 2.66. The van der Waals surface area contributed by atoms with Crippen molar-refractivity contribution in [2.45, 2.75) is 19.3 Å². The Morgan fingerprint density at radius 3 is 2.71 bits per heavy atom. The Hall–Kier alpha value is -1.10. The van der Waals surface area contributed by atoms with Crippen LogP contribution in [0.4, 0.5) is 5.13 Å². The van der Waals surface area contributed by atoms with Crippen LogP contribution < -0.4 is 10.6 Å². The zero-order chi connectivity index (χ0) is 9.97. The Morgan fingerprint density at radius 1 is 1.43 bits per heavy atom. The third-order valence-corrected chi connectivity index (χ3v) is 3.27. The summed E-state index contributed by atoms with van der Waals surface area (Å²) >= 11 is 1.50. The van der Waals surface area contributed by atoms with Gasteiger partial charge in [-0.25, -0.2) is 4.98 Å². The standard InChI is InChI=1S/C9H13N3OS/c10-8(13)7-6-14-9(11-7)12-4-2-1-3-5-12/h6H,1-5H2,(H2,10,13). The Bertz CT molecular complexity index is 331. The summed E-state index contributed by atoms with van der Waals surface area (Å²) in [5.74, 6) is -0.440. The summed E-state index contributed by atoms with van der Waals surface area (Å²) in [6, 6.07) is 0. The molecule has 0 atom stereocenters. The lowest BCUT2D eigenvalue weighted by atomic mass is 10.1. The number of amides is 1. The second-order valence-corrected chi connectivity index (χ2v) is 4.26. The molecule has 1 aliphatic rings. The van der Waals surface area contributed by atoms with E-state index >= 15 is 0 Å². The SMILES string of the molecule is NC(=O)c1csc(N2CCCCC2)n1. The molecule has 0 aliphatic carbocycles. The first-order chi connectivity index (χ1) is 6.77. The van der Waals surface area contributed by atoms with Crippen LogP contribution in [0.15, 0.2) is 5.38 Å². The first-order valence-electron chi connectivity index (χ1n) is 4.77. The number of carbonyl (C=O) groups is 1. The van der Waals surface area contributed by atoms with Crippen molar-refractivity contribution in [3.8, 4) is 0 Å². The molecule has 0 radical (unpaired) electrons. The van der Waals surface area contributed by atoms with E-state index < -0.39 is 5.91 Å². The van der Waals surface area contributed by atoms with E-state index in [0.717, 1.165) is 18.2 Å². The zero-order valence-corrected chi connectivity index (χ0v) is 8.72. The number of aromatic nitrogens is 1. The fourth-order valence-corrected chi connectivity index (χ4v) is 2.48. The zero-order valence-electron chi connectivity index (χ0n) is 7.90. The highest BCUT2D eigenvalue weighted by molar-refractivity contribution is 7.13. The Balaban J connectivity index is 2.11. The molecule has 0 unspecified atom stereocenters. The molecular weight excluding hydrogens is 198 g/mol. The summed E-state index contributed by atoms with van der Waals surface area (Å²) in [6.07, 6.45) is 3.72. The molecule has 0 bridgehead atoms. The van der Waals surface area contributed by atoms with E-state index in [2.05, 4.69) is 9.88 Å². The van der Waals surface area contributed by atoms with Crippen LogP contribution in [-0.4, -0.2) is 24.0 Å². The third-order valence-electron chi connectivity index (χ3n) is 2.37. The number of hydrogen-bond donors (Lipinski definition) is 1. The van der Waals surface area contributed by atoms with Gasteiger partial charge in [-0.15, -0.1) is 11.3 Å². The highest BCUT2D eigenvalue weighted by Crippen LogP contribution is 2.23. The largest absolute Gasteiger partial charge is 0.364 e. The lowest BCUT2D eigenvalue weighted by Gasteiger charge is -2.25. The van der Waals surface area contributed by atoms with Crippen molar-refractivity contribution in [2.24, 2.45) is 5.73 Å². The van der Waals surface area contributed by atoms with Crippen LogP contribution in [0.3, 0.4) is 0 Å². The normalized spacial score (nSPS) is 17.0. The van der Waals surface area contributed by atoms with E-state index in [4.69, 9.17) is 5.73 Å². The van der Waals surface area contributed by atoms with Crippen molar-refractivity contribution in [3.63, 3.8) is 0 Å². The van der Waals surface area contributed by atoms with Gasteiger partial charge in [0.2, 0.25) is 0 Å². The Labute approximate surface area is 86.7 Å². The van der Waals surface area contributed by atoms with E-state index in [9.17, 15) is 4.79 Å². The molecule has 2 N–H and O–H groups in total. The van der Waals surface area contributed by atoms with Crippen LogP contribution in [0.1, 0.15) is 29.8 Å². The van der Waals surface area contributed by atoms with E-state index in [1.54, 1.807) is 5.38 Å². The maximum absolute atomic E-state index is 10.8. The van der Waals surface area contributed by atoms with E-state index in [1.807, 2.05) is 0 Å². The van der Waals surface area contributed by atoms with Crippen LogP contribution >= 0.6 is 11.3 Å². The Kier molecular flexibility index (Phi) is 2.67. The molecule has 1 saturated heterocycles. The van der Waals surface area contributed by atoms with Crippen molar-refractivity contribution in [1.82, 2.24) is 4.98 Å². The molecule has 1 amide bonds. The average molecular weight is 211 g/mol. The second kappa shape index (κ2) is 3.96. The number of rotatable bonds is 2. The summed E-state index contributed by atoms with van der Waals surface area (Å²) in [6.45, 7) is 2.09. The molecule has 0 aromatic carbocycles. The summed E-state index contributed by atoms with van der Waals surface area (Å²) in [4.78, 5) is 17.3. The molecular formula is C9H13N3OS. The van der Waals surface area contributed by atoms with Gasteiger partial charge in [0, 0.05) is 18.5 Å². The monoisotopic (exact) mass is 211 g/mol. The van der Waals surface area contributed by atoms with Gasteiger partial charge in [-0.1, -0.05) is 0 Å². The second-order valence-electron chi connectivity index (χ2n) is 3.43. The summed E-state index contributed by atoms with van der Waals surface area (Å²) in [5.41, 5.74) is 5.53. The number of thiazole rings is 1. The van der Waals surface area contributed by atoms with Gasteiger partial charge in [0.25, 0.3) is 5.91 Å². The van der Waals surface area contributed by atoms with Crippen LogP contribution in [0.25, 0.3) is 0 Å². The van der Waals surface area contributed by atoms with Gasteiger partial charge in [-0.2, -0.15) is 0 Å². The molecule has 1 aromatic rings. The minimum absolute atomic E-state index is 0.385.